The molecule has 0 fully saturated rings. The minimum Gasteiger partial charge on any atom is -0.492 e. The van der Waals surface area contributed by atoms with E-state index in [1.807, 2.05) is 31.2 Å². The lowest BCUT2D eigenvalue weighted by Gasteiger charge is -2.14. The molecule has 1 amide bonds. The van der Waals surface area contributed by atoms with Crippen LogP contribution in [0.4, 0.5) is 0 Å². The zero-order chi connectivity index (χ0) is 17.8. The van der Waals surface area contributed by atoms with Crippen LogP contribution < -0.4 is 15.4 Å². The molecule has 0 aliphatic heterocycles. The molecule has 0 radical (unpaired) electrons. The lowest BCUT2D eigenvalue weighted by atomic mass is 10.2. The number of hydrogen-bond acceptors (Lipinski definition) is 4. The van der Waals surface area contributed by atoms with Crippen LogP contribution in [-0.2, 0) is 9.53 Å². The van der Waals surface area contributed by atoms with Crippen molar-refractivity contribution >= 4 is 11.9 Å². The average Bonchev–Trinajstić information content (AvgIpc) is 2.57. The van der Waals surface area contributed by atoms with Gasteiger partial charge in [0, 0.05) is 27.7 Å². The Kier molecular flexibility index (Phi) is 9.29. The van der Waals surface area contributed by atoms with Gasteiger partial charge in [0.1, 0.15) is 18.9 Å². The van der Waals surface area contributed by atoms with Crippen LogP contribution in [-0.4, -0.2) is 70.8 Å². The summed E-state index contributed by atoms with van der Waals surface area (Å²) < 4.78 is 10.7. The van der Waals surface area contributed by atoms with Gasteiger partial charge in [0.2, 0.25) is 5.91 Å². The van der Waals surface area contributed by atoms with Gasteiger partial charge in [-0.1, -0.05) is 17.7 Å². The van der Waals surface area contributed by atoms with Crippen molar-refractivity contribution in [3.63, 3.8) is 0 Å². The van der Waals surface area contributed by atoms with Crippen LogP contribution in [0.2, 0.25) is 0 Å². The van der Waals surface area contributed by atoms with E-state index < -0.39 is 0 Å². The summed E-state index contributed by atoms with van der Waals surface area (Å²) in [6, 6.07) is 7.90. The fraction of sp³-hybridized carbons (Fsp3) is 0.529. The SMILES string of the molecule is COCCNC(=NCC(=O)N(C)C)NCCOc1ccc(C)cc1. The van der Waals surface area contributed by atoms with Gasteiger partial charge in [0.05, 0.1) is 13.2 Å². The highest BCUT2D eigenvalue weighted by atomic mass is 16.5. The van der Waals surface area contributed by atoms with Crippen LogP contribution in [0.25, 0.3) is 0 Å². The van der Waals surface area contributed by atoms with E-state index in [0.29, 0.717) is 32.3 Å². The topological polar surface area (TPSA) is 75.2 Å². The van der Waals surface area contributed by atoms with Crippen molar-refractivity contribution in [3.8, 4) is 5.75 Å². The maximum Gasteiger partial charge on any atom is 0.243 e. The molecular formula is C17H28N4O3. The number of benzene rings is 1. The highest BCUT2D eigenvalue weighted by molar-refractivity contribution is 5.84. The number of amides is 1. The van der Waals surface area contributed by atoms with Crippen molar-refractivity contribution in [1.82, 2.24) is 15.5 Å². The highest BCUT2D eigenvalue weighted by Crippen LogP contribution is 2.10. The van der Waals surface area contributed by atoms with Crippen LogP contribution >= 0.6 is 0 Å². The number of nitrogens with zero attached hydrogens (tertiary/aromatic N) is 2. The molecule has 0 aliphatic rings. The highest BCUT2D eigenvalue weighted by Gasteiger charge is 2.04. The second kappa shape index (κ2) is 11.3. The fourth-order valence-electron chi connectivity index (χ4n) is 1.71. The molecule has 0 saturated carbocycles. The quantitative estimate of drug-likeness (QED) is 0.393. The molecule has 1 aromatic rings. The van der Waals surface area contributed by atoms with Crippen molar-refractivity contribution in [1.29, 1.82) is 0 Å². The summed E-state index contributed by atoms with van der Waals surface area (Å²) in [5.74, 6) is 1.34. The first-order chi connectivity index (χ1) is 11.5. The van der Waals surface area contributed by atoms with Crippen molar-refractivity contribution < 1.29 is 14.3 Å². The molecule has 1 aromatic carbocycles. The lowest BCUT2D eigenvalue weighted by molar-refractivity contribution is -0.127. The van der Waals surface area contributed by atoms with E-state index in [0.717, 1.165) is 5.75 Å². The Balaban J connectivity index is 2.40. The number of carbonyl (C=O) groups is 1. The molecule has 0 atom stereocenters. The number of carbonyl (C=O) groups excluding carboxylic acids is 1. The fourth-order valence-corrected chi connectivity index (χ4v) is 1.71. The Morgan fingerprint density at radius 3 is 2.33 bits per heavy atom. The number of rotatable bonds is 9. The smallest absolute Gasteiger partial charge is 0.243 e. The summed E-state index contributed by atoms with van der Waals surface area (Å²) in [6.45, 7) is 4.36. The molecule has 0 aliphatic carbocycles. The second-order valence-corrected chi connectivity index (χ2v) is 5.46. The molecule has 0 bridgehead atoms. The molecular weight excluding hydrogens is 308 g/mol. The minimum atomic E-state index is -0.0567. The first kappa shape index (κ1) is 19.8. The monoisotopic (exact) mass is 336 g/mol. The third kappa shape index (κ3) is 8.38. The van der Waals surface area contributed by atoms with E-state index >= 15 is 0 Å². The number of guanidine groups is 1. The summed E-state index contributed by atoms with van der Waals surface area (Å²) in [7, 11) is 5.05. The number of hydrogen-bond donors (Lipinski definition) is 2. The van der Waals surface area contributed by atoms with Gasteiger partial charge in [-0.3, -0.25) is 4.79 Å². The van der Waals surface area contributed by atoms with Gasteiger partial charge < -0.3 is 25.0 Å². The molecule has 1 rings (SSSR count). The predicted octanol–water partition coefficient (Wildman–Crippen LogP) is 0.644. The summed E-state index contributed by atoms with van der Waals surface area (Å²) in [6.07, 6.45) is 0. The zero-order valence-electron chi connectivity index (χ0n) is 15.0. The number of methoxy groups -OCH3 is 1. The molecule has 0 saturated heterocycles. The summed E-state index contributed by atoms with van der Waals surface area (Å²) >= 11 is 0. The summed E-state index contributed by atoms with van der Waals surface area (Å²) in [5, 5.41) is 6.25. The van der Waals surface area contributed by atoms with Crippen molar-refractivity contribution in [2.75, 3.05) is 54.1 Å². The van der Waals surface area contributed by atoms with Crippen LogP contribution in [0, 0.1) is 6.92 Å². The number of ether oxygens (including phenoxy) is 2. The Labute approximate surface area is 144 Å². The molecule has 0 heterocycles. The van der Waals surface area contributed by atoms with Gasteiger partial charge in [-0.2, -0.15) is 0 Å². The molecule has 24 heavy (non-hydrogen) atoms. The van der Waals surface area contributed by atoms with Gasteiger partial charge in [-0.15, -0.1) is 0 Å². The molecule has 0 spiro atoms. The molecule has 134 valence electrons. The van der Waals surface area contributed by atoms with Gasteiger partial charge in [0.25, 0.3) is 0 Å². The summed E-state index contributed by atoms with van der Waals surface area (Å²) in [5.41, 5.74) is 1.20. The van der Waals surface area contributed by atoms with E-state index in [1.165, 1.54) is 10.5 Å². The first-order valence-corrected chi connectivity index (χ1v) is 7.93. The minimum absolute atomic E-state index is 0.0567. The number of aliphatic imine (C=N–C) groups is 1. The molecule has 2 N–H and O–H groups in total. The number of nitrogens with one attached hydrogen (secondary N) is 2. The van der Waals surface area contributed by atoms with Crippen LogP contribution in [0.3, 0.4) is 0 Å². The van der Waals surface area contributed by atoms with Gasteiger partial charge >= 0.3 is 0 Å². The Bertz CT molecular complexity index is 515. The van der Waals surface area contributed by atoms with E-state index in [2.05, 4.69) is 15.6 Å². The van der Waals surface area contributed by atoms with E-state index in [1.54, 1.807) is 21.2 Å². The Morgan fingerprint density at radius 2 is 1.75 bits per heavy atom. The van der Waals surface area contributed by atoms with Crippen LogP contribution in [0.15, 0.2) is 29.3 Å². The largest absolute Gasteiger partial charge is 0.492 e. The van der Waals surface area contributed by atoms with Crippen molar-refractivity contribution in [2.45, 2.75) is 6.92 Å². The summed E-state index contributed by atoms with van der Waals surface area (Å²) in [4.78, 5) is 17.4. The van der Waals surface area contributed by atoms with E-state index in [4.69, 9.17) is 9.47 Å². The number of likely N-dealkylation sites (N-methyl/N-ethyl adjacent to an activating group) is 1. The van der Waals surface area contributed by atoms with E-state index in [-0.39, 0.29) is 12.5 Å². The standard InChI is InChI=1S/C17H28N4O3/c1-14-5-7-15(8-6-14)24-12-10-19-17(18-9-11-23-4)20-13-16(22)21(2)3/h5-8H,9-13H2,1-4H3,(H2,18,19,20). The molecule has 7 heteroatoms. The zero-order valence-corrected chi connectivity index (χ0v) is 15.0. The van der Waals surface area contributed by atoms with Gasteiger partial charge in [-0.05, 0) is 19.1 Å². The van der Waals surface area contributed by atoms with Crippen LogP contribution in [0.1, 0.15) is 5.56 Å². The third-order valence-electron chi connectivity index (χ3n) is 3.15. The van der Waals surface area contributed by atoms with E-state index in [9.17, 15) is 4.79 Å². The maximum atomic E-state index is 11.6. The Morgan fingerprint density at radius 1 is 1.12 bits per heavy atom. The molecule has 0 aromatic heterocycles. The van der Waals surface area contributed by atoms with Crippen molar-refractivity contribution in [2.24, 2.45) is 4.99 Å². The predicted molar refractivity (Wildman–Crippen MR) is 95.6 cm³/mol. The average molecular weight is 336 g/mol. The Hall–Kier alpha value is -2.28. The normalized spacial score (nSPS) is 11.1. The second-order valence-electron chi connectivity index (χ2n) is 5.46. The van der Waals surface area contributed by atoms with Gasteiger partial charge in [-0.25, -0.2) is 4.99 Å². The molecule has 7 nitrogen and oxygen atoms in total. The van der Waals surface area contributed by atoms with Crippen LogP contribution in [0.5, 0.6) is 5.75 Å². The lowest BCUT2D eigenvalue weighted by Crippen LogP contribution is -2.41. The third-order valence-corrected chi connectivity index (χ3v) is 3.15. The molecule has 0 unspecified atom stereocenters. The van der Waals surface area contributed by atoms with Crippen molar-refractivity contribution in [3.05, 3.63) is 29.8 Å². The first-order valence-electron chi connectivity index (χ1n) is 7.93. The van der Waals surface area contributed by atoms with Gasteiger partial charge in [0.15, 0.2) is 5.96 Å². The number of aryl methyl sites for hydroxylation is 1. The maximum absolute atomic E-state index is 11.6.